The number of carbonyl (C=O) groups excluding carboxylic acids is 2. The summed E-state index contributed by atoms with van der Waals surface area (Å²) in [7, 11) is 0. The molecule has 1 saturated carbocycles. The summed E-state index contributed by atoms with van der Waals surface area (Å²) in [5.74, 6) is 0.00725. The van der Waals surface area contributed by atoms with E-state index in [-0.39, 0.29) is 11.8 Å². The molecule has 4 rings (SSSR count). The van der Waals surface area contributed by atoms with Crippen LogP contribution in [0.25, 0.3) is 0 Å². The van der Waals surface area contributed by atoms with Crippen molar-refractivity contribution in [3.8, 4) is 0 Å². The first-order valence-electron chi connectivity index (χ1n) is 11.3. The average Bonchev–Trinajstić information content (AvgIpc) is 2.98. The summed E-state index contributed by atoms with van der Waals surface area (Å²) in [5.41, 5.74) is -0.449. The van der Waals surface area contributed by atoms with Gasteiger partial charge in [-0.25, -0.2) is 0 Å². The first-order chi connectivity index (χ1) is 14.8. The smallest absolute Gasteiger partial charge is 0.369 e. The van der Waals surface area contributed by atoms with E-state index in [0.29, 0.717) is 31.7 Å². The Hall–Kier alpha value is -2.09. The van der Waals surface area contributed by atoms with E-state index < -0.39 is 17.2 Å². The number of benzene rings is 1. The quantitative estimate of drug-likeness (QED) is 0.655. The van der Waals surface area contributed by atoms with Crippen LogP contribution >= 0.6 is 0 Å². The summed E-state index contributed by atoms with van der Waals surface area (Å²) in [6, 6.07) is 5.48. The highest BCUT2D eigenvalue weighted by molar-refractivity contribution is 6.05. The fraction of sp³-hybridized carbons (Fsp3) is 0.652. The summed E-state index contributed by atoms with van der Waals surface area (Å²) < 4.78 is 38.9. The van der Waals surface area contributed by atoms with Crippen molar-refractivity contribution in [2.24, 2.45) is 5.41 Å². The summed E-state index contributed by atoms with van der Waals surface area (Å²) in [5, 5.41) is 0. The van der Waals surface area contributed by atoms with Gasteiger partial charge in [-0.1, -0.05) is 25.3 Å². The highest BCUT2D eigenvalue weighted by Crippen LogP contribution is 2.45. The van der Waals surface area contributed by atoms with E-state index in [1.807, 2.05) is 4.90 Å². The number of imide groups is 1. The number of amides is 2. The van der Waals surface area contributed by atoms with Crippen LogP contribution in [0.1, 0.15) is 50.5 Å². The highest BCUT2D eigenvalue weighted by Gasteiger charge is 2.51. The molecule has 170 valence electrons. The molecule has 5 nitrogen and oxygen atoms in total. The first kappa shape index (κ1) is 22.1. The number of anilines is 1. The normalized spacial score (nSPS) is 22.5. The lowest BCUT2D eigenvalue weighted by Crippen LogP contribution is -2.47. The molecule has 1 aromatic carbocycles. The van der Waals surface area contributed by atoms with Crippen molar-refractivity contribution < 1.29 is 22.8 Å². The average molecular weight is 438 g/mol. The van der Waals surface area contributed by atoms with Crippen molar-refractivity contribution in [1.29, 1.82) is 0 Å². The molecule has 3 aliphatic rings. The van der Waals surface area contributed by atoms with Crippen LogP contribution in [0.4, 0.5) is 18.9 Å². The third kappa shape index (κ3) is 4.73. The van der Waals surface area contributed by atoms with Crippen molar-refractivity contribution in [1.82, 2.24) is 9.80 Å². The number of rotatable bonds is 5. The summed E-state index contributed by atoms with van der Waals surface area (Å²) in [6.07, 6.45) is 1.66. The standard InChI is InChI=1S/C23H30F3N3O2/c24-23(25,26)18-6-4-7-19(16-18)28-14-12-27(13-15-28)10-5-11-29-20(30)17-22(21(29)31)8-2-1-3-9-22/h4,6-7,16H,1-3,5,8-15,17H2. The van der Waals surface area contributed by atoms with E-state index in [1.165, 1.54) is 17.0 Å². The second-order valence-electron chi connectivity index (χ2n) is 9.10. The third-order valence-corrected chi connectivity index (χ3v) is 7.07. The molecule has 2 saturated heterocycles. The molecule has 31 heavy (non-hydrogen) atoms. The number of likely N-dealkylation sites (tertiary alicyclic amines) is 1. The zero-order valence-corrected chi connectivity index (χ0v) is 17.8. The molecule has 1 aliphatic carbocycles. The van der Waals surface area contributed by atoms with Gasteiger partial charge in [0, 0.05) is 44.8 Å². The van der Waals surface area contributed by atoms with E-state index in [0.717, 1.165) is 64.2 Å². The molecule has 1 aromatic rings. The fourth-order valence-electron chi connectivity index (χ4n) is 5.27. The summed E-state index contributed by atoms with van der Waals surface area (Å²) in [4.78, 5) is 31.0. The van der Waals surface area contributed by atoms with Crippen LogP contribution in [0.5, 0.6) is 0 Å². The van der Waals surface area contributed by atoms with Gasteiger partial charge in [0.1, 0.15) is 0 Å². The van der Waals surface area contributed by atoms with E-state index in [9.17, 15) is 22.8 Å². The van der Waals surface area contributed by atoms with E-state index in [4.69, 9.17) is 0 Å². The van der Waals surface area contributed by atoms with E-state index in [2.05, 4.69) is 4.90 Å². The van der Waals surface area contributed by atoms with Crippen LogP contribution in [0.2, 0.25) is 0 Å². The number of halogens is 3. The maximum Gasteiger partial charge on any atom is 0.416 e. The van der Waals surface area contributed by atoms with Crippen molar-refractivity contribution in [3.63, 3.8) is 0 Å². The SMILES string of the molecule is O=C1CC2(CCCCC2)C(=O)N1CCCN1CCN(c2cccc(C(F)(F)F)c2)CC1. The minimum absolute atomic E-state index is 0.0266. The molecule has 0 unspecified atom stereocenters. The summed E-state index contributed by atoms with van der Waals surface area (Å²) in [6.45, 7) is 4.07. The molecule has 0 atom stereocenters. The van der Waals surface area contributed by atoms with Crippen LogP contribution in [0, 0.1) is 5.41 Å². The molecule has 0 aromatic heterocycles. The lowest BCUT2D eigenvalue weighted by molar-refractivity contribution is -0.142. The molecule has 2 amide bonds. The molecule has 2 heterocycles. The van der Waals surface area contributed by atoms with Gasteiger partial charge in [0.15, 0.2) is 0 Å². The lowest BCUT2D eigenvalue weighted by Gasteiger charge is -2.36. The Kier molecular flexibility index (Phi) is 6.28. The number of nitrogens with zero attached hydrogens (tertiary/aromatic N) is 3. The monoisotopic (exact) mass is 437 g/mol. The molecule has 3 fully saturated rings. The maximum atomic E-state index is 13.0. The molecule has 0 bridgehead atoms. The van der Waals surface area contributed by atoms with Gasteiger partial charge < -0.3 is 4.90 Å². The van der Waals surface area contributed by atoms with Crippen LogP contribution in [-0.4, -0.2) is 60.9 Å². The first-order valence-corrected chi connectivity index (χ1v) is 11.3. The molecule has 2 aliphatic heterocycles. The highest BCUT2D eigenvalue weighted by atomic mass is 19.4. The molecule has 0 N–H and O–H groups in total. The van der Waals surface area contributed by atoms with Crippen LogP contribution in [-0.2, 0) is 15.8 Å². The van der Waals surface area contributed by atoms with Crippen LogP contribution in [0.15, 0.2) is 24.3 Å². The van der Waals surface area contributed by atoms with E-state index in [1.54, 1.807) is 6.07 Å². The number of piperazine rings is 1. The largest absolute Gasteiger partial charge is 0.416 e. The van der Waals surface area contributed by atoms with Gasteiger partial charge in [0.2, 0.25) is 11.8 Å². The van der Waals surface area contributed by atoms with E-state index >= 15 is 0 Å². The summed E-state index contributed by atoms with van der Waals surface area (Å²) >= 11 is 0. The van der Waals surface area contributed by atoms with Gasteiger partial charge in [-0.15, -0.1) is 0 Å². The second kappa shape index (κ2) is 8.81. The Morgan fingerprint density at radius 3 is 2.32 bits per heavy atom. The Balaban J connectivity index is 1.24. The Bertz CT molecular complexity index is 813. The predicted molar refractivity (Wildman–Crippen MR) is 112 cm³/mol. The van der Waals surface area contributed by atoms with Crippen molar-refractivity contribution in [2.45, 2.75) is 51.1 Å². The van der Waals surface area contributed by atoms with Crippen molar-refractivity contribution >= 4 is 17.5 Å². The minimum atomic E-state index is -4.33. The molecule has 1 spiro atoms. The third-order valence-electron chi connectivity index (χ3n) is 7.07. The van der Waals surface area contributed by atoms with Gasteiger partial charge in [-0.2, -0.15) is 13.2 Å². The minimum Gasteiger partial charge on any atom is -0.369 e. The zero-order chi connectivity index (χ0) is 22.1. The van der Waals surface area contributed by atoms with Gasteiger partial charge in [-0.05, 0) is 44.0 Å². The molecular formula is C23H30F3N3O2. The number of hydrogen-bond acceptors (Lipinski definition) is 4. The second-order valence-corrected chi connectivity index (χ2v) is 9.10. The lowest BCUT2D eigenvalue weighted by atomic mass is 9.73. The Morgan fingerprint density at radius 1 is 0.935 bits per heavy atom. The maximum absolute atomic E-state index is 13.0. The number of alkyl halides is 3. The molecule has 8 heteroatoms. The Morgan fingerprint density at radius 2 is 1.65 bits per heavy atom. The Labute approximate surface area is 181 Å². The molecule has 0 radical (unpaired) electrons. The van der Waals surface area contributed by atoms with Crippen molar-refractivity contribution in [2.75, 3.05) is 44.2 Å². The number of hydrogen-bond donors (Lipinski definition) is 0. The number of carbonyl (C=O) groups is 2. The zero-order valence-electron chi connectivity index (χ0n) is 17.8. The molecular weight excluding hydrogens is 407 g/mol. The van der Waals surface area contributed by atoms with Gasteiger partial charge in [-0.3, -0.25) is 19.4 Å². The van der Waals surface area contributed by atoms with Gasteiger partial charge >= 0.3 is 6.18 Å². The predicted octanol–water partition coefficient (Wildman–Crippen LogP) is 3.93. The van der Waals surface area contributed by atoms with Crippen molar-refractivity contribution in [3.05, 3.63) is 29.8 Å². The van der Waals surface area contributed by atoms with Gasteiger partial charge in [0.25, 0.3) is 0 Å². The van der Waals surface area contributed by atoms with Crippen LogP contribution < -0.4 is 4.90 Å². The van der Waals surface area contributed by atoms with Crippen LogP contribution in [0.3, 0.4) is 0 Å². The van der Waals surface area contributed by atoms with Gasteiger partial charge in [0.05, 0.1) is 11.0 Å². The fourth-order valence-corrected chi connectivity index (χ4v) is 5.27. The topological polar surface area (TPSA) is 43.9 Å².